The van der Waals surface area contributed by atoms with E-state index in [2.05, 4.69) is 9.88 Å². The minimum atomic E-state index is -0.988. The number of pyridine rings is 1. The van der Waals surface area contributed by atoms with E-state index in [1.807, 2.05) is 12.1 Å². The Balaban J connectivity index is 1.47. The van der Waals surface area contributed by atoms with Crippen molar-refractivity contribution in [1.29, 1.82) is 0 Å². The summed E-state index contributed by atoms with van der Waals surface area (Å²) >= 11 is 0. The van der Waals surface area contributed by atoms with Crippen LogP contribution in [0.1, 0.15) is 12.8 Å². The van der Waals surface area contributed by atoms with Crippen LogP contribution in [0.25, 0.3) is 0 Å². The molecule has 3 rings (SSSR count). The van der Waals surface area contributed by atoms with E-state index < -0.39 is 11.9 Å². The molecule has 24 heavy (non-hydrogen) atoms. The molecule has 1 aliphatic heterocycles. The van der Waals surface area contributed by atoms with Gasteiger partial charge in [-0.2, -0.15) is 0 Å². The largest absolute Gasteiger partial charge is 0.454 e. The molecule has 2 heterocycles. The number of carbonyl (C=O) groups excluding carboxylic acids is 2. The Labute approximate surface area is 140 Å². The Morgan fingerprint density at radius 1 is 0.958 bits per heavy atom. The van der Waals surface area contributed by atoms with E-state index in [0.717, 1.165) is 18.8 Å². The molecule has 1 aromatic heterocycles. The molecule has 0 N–H and O–H groups in total. The standard InChI is InChI=1S/C18H18N2O4/c21-17(23-15-4-2-1-3-5-15)18(22)24-16-8-12-20(13-9-16)14-6-10-19-11-7-14/h1-7,10-11,16H,8-9,12-13H2. The van der Waals surface area contributed by atoms with Crippen LogP contribution < -0.4 is 9.64 Å². The van der Waals surface area contributed by atoms with Crippen molar-refractivity contribution in [2.75, 3.05) is 18.0 Å². The normalized spacial score (nSPS) is 14.9. The number of ether oxygens (including phenoxy) is 2. The molecule has 6 heteroatoms. The van der Waals surface area contributed by atoms with Gasteiger partial charge in [0.2, 0.25) is 0 Å². The molecule has 0 saturated carbocycles. The van der Waals surface area contributed by atoms with Gasteiger partial charge in [-0.3, -0.25) is 4.98 Å². The zero-order valence-electron chi connectivity index (χ0n) is 13.1. The van der Waals surface area contributed by atoms with Crippen molar-refractivity contribution in [3.05, 3.63) is 54.9 Å². The SMILES string of the molecule is O=C(Oc1ccccc1)C(=O)OC1CCN(c2ccncc2)CC1. The van der Waals surface area contributed by atoms with E-state index in [1.165, 1.54) is 0 Å². The summed E-state index contributed by atoms with van der Waals surface area (Å²) in [6.07, 6.45) is 4.58. The molecule has 1 aromatic carbocycles. The summed E-state index contributed by atoms with van der Waals surface area (Å²) in [5.74, 6) is -1.61. The number of carbonyl (C=O) groups is 2. The number of hydrogen-bond donors (Lipinski definition) is 0. The Bertz CT molecular complexity index is 683. The van der Waals surface area contributed by atoms with Crippen molar-refractivity contribution in [3.63, 3.8) is 0 Å². The van der Waals surface area contributed by atoms with E-state index in [1.54, 1.807) is 42.7 Å². The lowest BCUT2D eigenvalue weighted by atomic mass is 10.1. The summed E-state index contributed by atoms with van der Waals surface area (Å²) in [5, 5.41) is 0. The van der Waals surface area contributed by atoms with Crippen molar-refractivity contribution in [2.24, 2.45) is 0 Å². The monoisotopic (exact) mass is 326 g/mol. The Hall–Kier alpha value is -2.89. The van der Waals surface area contributed by atoms with Gasteiger partial charge in [0.25, 0.3) is 0 Å². The number of aromatic nitrogens is 1. The molecule has 0 amide bonds. The van der Waals surface area contributed by atoms with Crippen LogP contribution in [0.5, 0.6) is 5.75 Å². The number of esters is 2. The maximum Gasteiger partial charge on any atom is 0.422 e. The zero-order chi connectivity index (χ0) is 16.8. The summed E-state index contributed by atoms with van der Waals surface area (Å²) < 4.78 is 10.2. The molecule has 6 nitrogen and oxygen atoms in total. The summed E-state index contributed by atoms with van der Waals surface area (Å²) in [6.45, 7) is 1.52. The summed E-state index contributed by atoms with van der Waals surface area (Å²) in [7, 11) is 0. The maximum atomic E-state index is 11.8. The number of benzene rings is 1. The van der Waals surface area contributed by atoms with E-state index in [4.69, 9.17) is 9.47 Å². The molecular weight excluding hydrogens is 308 g/mol. The molecule has 1 saturated heterocycles. The first-order valence-corrected chi connectivity index (χ1v) is 7.85. The van der Waals surface area contributed by atoms with E-state index in [0.29, 0.717) is 18.6 Å². The highest BCUT2D eigenvalue weighted by atomic mass is 16.6. The second-order valence-corrected chi connectivity index (χ2v) is 5.50. The molecule has 1 fully saturated rings. The van der Waals surface area contributed by atoms with Crippen LogP contribution in [0.3, 0.4) is 0 Å². The number of nitrogens with zero attached hydrogens (tertiary/aromatic N) is 2. The van der Waals surface area contributed by atoms with E-state index in [-0.39, 0.29) is 6.10 Å². The van der Waals surface area contributed by atoms with Gasteiger partial charge in [-0.25, -0.2) is 9.59 Å². The fraction of sp³-hybridized carbons (Fsp3) is 0.278. The van der Waals surface area contributed by atoms with E-state index >= 15 is 0 Å². The smallest absolute Gasteiger partial charge is 0.422 e. The van der Waals surface area contributed by atoms with Gasteiger partial charge in [-0.1, -0.05) is 18.2 Å². The fourth-order valence-corrected chi connectivity index (χ4v) is 2.62. The topological polar surface area (TPSA) is 68.7 Å². The number of hydrogen-bond acceptors (Lipinski definition) is 6. The van der Waals surface area contributed by atoms with Crippen molar-refractivity contribution in [1.82, 2.24) is 4.98 Å². The van der Waals surface area contributed by atoms with Crippen LogP contribution in [0.4, 0.5) is 5.69 Å². The van der Waals surface area contributed by atoms with Crippen molar-refractivity contribution in [3.8, 4) is 5.75 Å². The molecule has 0 bridgehead atoms. The third-order valence-electron chi connectivity index (χ3n) is 3.86. The third kappa shape index (κ3) is 4.10. The van der Waals surface area contributed by atoms with Crippen LogP contribution in [0.15, 0.2) is 54.9 Å². The summed E-state index contributed by atoms with van der Waals surface area (Å²) in [4.78, 5) is 29.8. The molecule has 0 radical (unpaired) electrons. The highest BCUT2D eigenvalue weighted by Gasteiger charge is 2.26. The second-order valence-electron chi connectivity index (χ2n) is 5.50. The average Bonchev–Trinajstić information content (AvgIpc) is 2.64. The molecular formula is C18H18N2O4. The quantitative estimate of drug-likeness (QED) is 0.489. The first-order valence-electron chi connectivity index (χ1n) is 7.85. The molecule has 0 atom stereocenters. The van der Waals surface area contributed by atoms with Gasteiger partial charge in [0.1, 0.15) is 11.9 Å². The second kappa shape index (κ2) is 7.59. The highest BCUT2D eigenvalue weighted by molar-refractivity contribution is 6.30. The van der Waals surface area contributed by atoms with Gasteiger partial charge in [0.15, 0.2) is 0 Å². The lowest BCUT2D eigenvalue weighted by molar-refractivity contribution is -0.166. The minimum Gasteiger partial charge on any atom is -0.454 e. The number of piperidine rings is 1. The average molecular weight is 326 g/mol. The first-order chi connectivity index (χ1) is 11.7. The summed E-state index contributed by atoms with van der Waals surface area (Å²) in [6, 6.07) is 12.4. The van der Waals surface area contributed by atoms with Gasteiger partial charge < -0.3 is 14.4 Å². The van der Waals surface area contributed by atoms with Crippen LogP contribution in [0.2, 0.25) is 0 Å². The molecule has 0 spiro atoms. The van der Waals surface area contributed by atoms with Gasteiger partial charge in [-0.15, -0.1) is 0 Å². The van der Waals surface area contributed by atoms with Gasteiger partial charge >= 0.3 is 11.9 Å². The lowest BCUT2D eigenvalue weighted by Crippen LogP contribution is -2.39. The number of rotatable bonds is 3. The fourth-order valence-electron chi connectivity index (χ4n) is 2.62. The van der Waals surface area contributed by atoms with Gasteiger partial charge in [0, 0.05) is 44.0 Å². The highest BCUT2D eigenvalue weighted by Crippen LogP contribution is 2.20. The van der Waals surface area contributed by atoms with Crippen molar-refractivity contribution < 1.29 is 19.1 Å². The predicted molar refractivity (Wildman–Crippen MR) is 87.6 cm³/mol. The van der Waals surface area contributed by atoms with Crippen molar-refractivity contribution >= 4 is 17.6 Å². The third-order valence-corrected chi connectivity index (χ3v) is 3.86. The number of anilines is 1. The summed E-state index contributed by atoms with van der Waals surface area (Å²) in [5.41, 5.74) is 1.10. The maximum absolute atomic E-state index is 11.8. The zero-order valence-corrected chi connectivity index (χ0v) is 13.1. The Kier molecular flexibility index (Phi) is 5.05. The Morgan fingerprint density at radius 3 is 2.29 bits per heavy atom. The predicted octanol–water partition coefficient (Wildman–Crippen LogP) is 2.20. The van der Waals surface area contributed by atoms with Gasteiger partial charge in [-0.05, 0) is 24.3 Å². The van der Waals surface area contributed by atoms with Crippen LogP contribution in [0, 0.1) is 0 Å². The van der Waals surface area contributed by atoms with Crippen LogP contribution >= 0.6 is 0 Å². The molecule has 2 aromatic rings. The molecule has 0 aliphatic carbocycles. The van der Waals surface area contributed by atoms with Crippen LogP contribution in [-0.2, 0) is 14.3 Å². The molecule has 0 unspecified atom stereocenters. The molecule has 124 valence electrons. The Morgan fingerprint density at radius 2 is 1.62 bits per heavy atom. The van der Waals surface area contributed by atoms with Gasteiger partial charge in [0.05, 0.1) is 0 Å². The van der Waals surface area contributed by atoms with Crippen LogP contribution in [-0.4, -0.2) is 36.1 Å². The molecule has 1 aliphatic rings. The lowest BCUT2D eigenvalue weighted by Gasteiger charge is -2.32. The first kappa shape index (κ1) is 16.0. The van der Waals surface area contributed by atoms with E-state index in [9.17, 15) is 9.59 Å². The van der Waals surface area contributed by atoms with Crippen molar-refractivity contribution in [2.45, 2.75) is 18.9 Å². The number of para-hydroxylation sites is 1. The minimum absolute atomic E-state index is 0.265.